The molecular weight excluding hydrogens is 248 g/mol. The molecule has 0 saturated carbocycles. The van der Waals surface area contributed by atoms with Gasteiger partial charge in [0.15, 0.2) is 12.9 Å². The second-order valence-corrected chi connectivity index (χ2v) is 3.80. The summed E-state index contributed by atoms with van der Waals surface area (Å²) in [4.78, 5) is 14.8. The van der Waals surface area contributed by atoms with Crippen LogP contribution in [-0.2, 0) is 6.61 Å². The monoisotopic (exact) mass is 262 g/mol. The Kier molecular flexibility index (Phi) is 4.49. The lowest BCUT2D eigenvalue weighted by atomic mass is 10.2. The molecule has 6 heteroatoms. The number of ether oxygens (including phenoxy) is 2. The third kappa shape index (κ3) is 3.54. The molecule has 2 aromatic rings. The highest BCUT2D eigenvalue weighted by Gasteiger charge is 2.07. The third-order valence-corrected chi connectivity index (χ3v) is 2.35. The predicted octanol–water partition coefficient (Wildman–Crippen LogP) is 2.25. The third-order valence-electron chi connectivity index (χ3n) is 2.35. The summed E-state index contributed by atoms with van der Waals surface area (Å²) in [5.41, 5.74) is 0.451. The van der Waals surface area contributed by atoms with Gasteiger partial charge in [0.2, 0.25) is 12.2 Å². The van der Waals surface area contributed by atoms with Gasteiger partial charge in [0.05, 0.1) is 12.2 Å². The first kappa shape index (κ1) is 13.1. The number of hydrogen-bond acceptors (Lipinski definition) is 6. The van der Waals surface area contributed by atoms with Gasteiger partial charge < -0.3 is 14.0 Å². The summed E-state index contributed by atoms with van der Waals surface area (Å²) in [6.45, 7) is 2.77. The maximum Gasteiger partial charge on any atom is 0.213 e. The molecule has 6 nitrogen and oxygen atoms in total. The summed E-state index contributed by atoms with van der Waals surface area (Å²) >= 11 is 0. The largest absolute Gasteiger partial charge is 0.493 e. The van der Waals surface area contributed by atoms with Crippen molar-refractivity contribution in [2.24, 2.45) is 0 Å². The van der Waals surface area contributed by atoms with Gasteiger partial charge in [0.25, 0.3) is 0 Å². The number of carbonyl (C=O) groups excluding carboxylic acids is 1. The Hall–Kier alpha value is -2.37. The van der Waals surface area contributed by atoms with Crippen molar-refractivity contribution in [3.63, 3.8) is 0 Å². The van der Waals surface area contributed by atoms with E-state index >= 15 is 0 Å². The molecule has 0 aliphatic heterocycles. The van der Waals surface area contributed by atoms with Gasteiger partial charge in [-0.3, -0.25) is 4.79 Å². The van der Waals surface area contributed by atoms with E-state index in [1.807, 2.05) is 6.92 Å². The Bertz CT molecular complexity index is 525. The van der Waals surface area contributed by atoms with Crippen LogP contribution >= 0.6 is 0 Å². The maximum atomic E-state index is 10.9. The molecule has 0 radical (unpaired) electrons. The Morgan fingerprint density at radius 1 is 1.37 bits per heavy atom. The van der Waals surface area contributed by atoms with Crippen molar-refractivity contribution in [1.29, 1.82) is 0 Å². The van der Waals surface area contributed by atoms with Crippen LogP contribution in [0.1, 0.15) is 29.5 Å². The van der Waals surface area contributed by atoms with Gasteiger partial charge >= 0.3 is 0 Å². The lowest BCUT2D eigenvalue weighted by molar-refractivity contribution is 0.111. The number of hydrogen-bond donors (Lipinski definition) is 0. The van der Waals surface area contributed by atoms with Crippen molar-refractivity contribution < 1.29 is 18.8 Å². The van der Waals surface area contributed by atoms with Crippen molar-refractivity contribution in [2.75, 3.05) is 6.61 Å². The van der Waals surface area contributed by atoms with E-state index in [1.165, 1.54) is 6.39 Å². The van der Waals surface area contributed by atoms with E-state index in [0.29, 0.717) is 29.5 Å². The molecule has 1 aromatic heterocycles. The van der Waals surface area contributed by atoms with Crippen LogP contribution in [-0.4, -0.2) is 23.0 Å². The zero-order valence-electron chi connectivity index (χ0n) is 10.5. The van der Waals surface area contributed by atoms with Gasteiger partial charge in [-0.1, -0.05) is 12.1 Å². The van der Waals surface area contributed by atoms with E-state index in [9.17, 15) is 4.79 Å². The van der Waals surface area contributed by atoms with E-state index < -0.39 is 0 Å². The van der Waals surface area contributed by atoms with Gasteiger partial charge in [-0.15, -0.1) is 0 Å². The van der Waals surface area contributed by atoms with Crippen molar-refractivity contribution >= 4 is 6.29 Å². The van der Waals surface area contributed by atoms with Gasteiger partial charge in [-0.25, -0.2) is 0 Å². The molecule has 0 aliphatic rings. The molecule has 0 saturated heterocycles. The van der Waals surface area contributed by atoms with Gasteiger partial charge in [0, 0.05) is 6.07 Å². The smallest absolute Gasteiger partial charge is 0.213 e. The zero-order valence-corrected chi connectivity index (χ0v) is 10.5. The first-order chi connectivity index (χ1) is 9.33. The van der Waals surface area contributed by atoms with Crippen molar-refractivity contribution in [1.82, 2.24) is 10.1 Å². The highest BCUT2D eigenvalue weighted by atomic mass is 16.5. The molecule has 0 atom stereocenters. The number of aldehydes is 1. The van der Waals surface area contributed by atoms with Gasteiger partial charge in [-0.2, -0.15) is 4.98 Å². The lowest BCUT2D eigenvalue weighted by Gasteiger charge is -2.09. The maximum absolute atomic E-state index is 10.9. The van der Waals surface area contributed by atoms with E-state index in [4.69, 9.17) is 9.47 Å². The van der Waals surface area contributed by atoms with Crippen molar-refractivity contribution in [3.05, 3.63) is 36.0 Å². The number of nitrogens with zero attached hydrogens (tertiary/aromatic N) is 2. The second kappa shape index (κ2) is 6.53. The Morgan fingerprint density at radius 2 is 2.26 bits per heavy atom. The molecule has 0 bridgehead atoms. The number of carbonyl (C=O) groups is 1. The highest BCUT2D eigenvalue weighted by molar-refractivity contribution is 5.79. The first-order valence-corrected chi connectivity index (χ1v) is 5.93. The van der Waals surface area contributed by atoms with Crippen LogP contribution in [0.4, 0.5) is 0 Å². The molecular formula is C13H14N2O4. The van der Waals surface area contributed by atoms with Gasteiger partial charge in [-0.05, 0) is 18.6 Å². The average Bonchev–Trinajstić information content (AvgIpc) is 2.96. The molecule has 19 heavy (non-hydrogen) atoms. The summed E-state index contributed by atoms with van der Waals surface area (Å²) in [5.74, 6) is 1.51. The lowest BCUT2D eigenvalue weighted by Crippen LogP contribution is -2.01. The molecule has 0 spiro atoms. The topological polar surface area (TPSA) is 74.5 Å². The van der Waals surface area contributed by atoms with E-state index in [-0.39, 0.29) is 6.61 Å². The van der Waals surface area contributed by atoms with Crippen LogP contribution in [0.25, 0.3) is 0 Å². The average molecular weight is 262 g/mol. The molecule has 1 heterocycles. The van der Waals surface area contributed by atoms with E-state index in [1.54, 1.807) is 18.2 Å². The quantitative estimate of drug-likeness (QED) is 0.712. The minimum atomic E-state index is 0.134. The van der Waals surface area contributed by atoms with Crippen LogP contribution in [0, 0.1) is 0 Å². The fourth-order valence-corrected chi connectivity index (χ4v) is 1.45. The SMILES string of the molecule is CCCOc1ccc(C=O)c(OCc2ncon2)c1. The van der Waals surface area contributed by atoms with Crippen LogP contribution in [0.3, 0.4) is 0 Å². The molecule has 2 rings (SSSR count). The summed E-state index contributed by atoms with van der Waals surface area (Å²) in [6, 6.07) is 5.07. The van der Waals surface area contributed by atoms with Gasteiger partial charge in [0.1, 0.15) is 11.5 Å². The zero-order chi connectivity index (χ0) is 13.5. The standard InChI is InChI=1S/C13H14N2O4/c1-2-5-17-11-4-3-10(7-16)12(6-11)18-8-13-14-9-19-15-13/h3-4,6-7,9H,2,5,8H2,1H3. The molecule has 0 amide bonds. The van der Waals surface area contributed by atoms with Crippen molar-refractivity contribution in [3.8, 4) is 11.5 Å². The Morgan fingerprint density at radius 3 is 2.95 bits per heavy atom. The van der Waals surface area contributed by atoms with Crippen LogP contribution in [0.2, 0.25) is 0 Å². The van der Waals surface area contributed by atoms with Crippen LogP contribution < -0.4 is 9.47 Å². The molecule has 1 aromatic carbocycles. The minimum absolute atomic E-state index is 0.134. The summed E-state index contributed by atoms with van der Waals surface area (Å²) in [7, 11) is 0. The Labute approximate surface area is 110 Å². The summed E-state index contributed by atoms with van der Waals surface area (Å²) < 4.78 is 15.6. The molecule has 0 aliphatic carbocycles. The number of rotatable bonds is 7. The van der Waals surface area contributed by atoms with Crippen LogP contribution in [0.15, 0.2) is 29.1 Å². The highest BCUT2D eigenvalue weighted by Crippen LogP contribution is 2.24. The molecule has 0 unspecified atom stereocenters. The van der Waals surface area contributed by atoms with E-state index in [2.05, 4.69) is 14.7 Å². The first-order valence-electron chi connectivity index (χ1n) is 5.93. The van der Waals surface area contributed by atoms with Crippen LogP contribution in [0.5, 0.6) is 11.5 Å². The molecule has 0 fully saturated rings. The molecule has 0 N–H and O–H groups in total. The summed E-state index contributed by atoms with van der Waals surface area (Å²) in [5, 5.41) is 3.63. The minimum Gasteiger partial charge on any atom is -0.493 e. The Balaban J connectivity index is 2.09. The predicted molar refractivity (Wildman–Crippen MR) is 66.2 cm³/mol. The number of aromatic nitrogens is 2. The van der Waals surface area contributed by atoms with Crippen molar-refractivity contribution in [2.45, 2.75) is 20.0 Å². The normalized spacial score (nSPS) is 10.2. The second-order valence-electron chi connectivity index (χ2n) is 3.80. The number of benzene rings is 1. The molecule has 100 valence electrons. The summed E-state index contributed by atoms with van der Waals surface area (Å²) in [6.07, 6.45) is 2.86. The fraction of sp³-hybridized carbons (Fsp3) is 0.308. The van der Waals surface area contributed by atoms with E-state index in [0.717, 1.165) is 12.7 Å². The fourth-order valence-electron chi connectivity index (χ4n) is 1.45.